The van der Waals surface area contributed by atoms with Crippen LogP contribution in [0.1, 0.15) is 44.1 Å². The van der Waals surface area contributed by atoms with Gasteiger partial charge >= 0.3 is 0 Å². The van der Waals surface area contributed by atoms with Gasteiger partial charge in [0.2, 0.25) is 5.91 Å². The van der Waals surface area contributed by atoms with Crippen molar-refractivity contribution >= 4 is 11.6 Å². The van der Waals surface area contributed by atoms with Gasteiger partial charge in [-0.15, -0.1) is 0 Å². The number of aliphatic hydroxyl groups is 1. The van der Waals surface area contributed by atoms with Crippen molar-refractivity contribution < 1.29 is 9.90 Å². The first-order valence-electron chi connectivity index (χ1n) is 6.81. The minimum absolute atomic E-state index is 0.0406. The zero-order valence-corrected chi connectivity index (χ0v) is 10.7. The molecule has 98 valence electrons. The Labute approximate surface area is 108 Å². The van der Waals surface area contributed by atoms with Gasteiger partial charge in [-0.05, 0) is 18.9 Å². The van der Waals surface area contributed by atoms with Gasteiger partial charge in [0, 0.05) is 17.2 Å². The van der Waals surface area contributed by atoms with E-state index in [2.05, 4.69) is 5.32 Å². The quantitative estimate of drug-likeness (QED) is 0.806. The monoisotopic (exact) mass is 247 g/mol. The van der Waals surface area contributed by atoms with Crippen LogP contribution >= 0.6 is 0 Å². The summed E-state index contributed by atoms with van der Waals surface area (Å²) in [6.07, 6.45) is 6.79. The first-order valence-corrected chi connectivity index (χ1v) is 6.81. The zero-order valence-electron chi connectivity index (χ0n) is 10.7. The summed E-state index contributed by atoms with van der Waals surface area (Å²) < 4.78 is 0. The maximum Gasteiger partial charge on any atom is 0.227 e. The summed E-state index contributed by atoms with van der Waals surface area (Å²) in [6, 6.07) is 7.43. The third-order valence-electron chi connectivity index (χ3n) is 3.67. The highest BCUT2D eigenvalue weighted by atomic mass is 16.3. The Hall–Kier alpha value is -1.35. The topological polar surface area (TPSA) is 49.3 Å². The minimum Gasteiger partial charge on any atom is -0.392 e. The highest BCUT2D eigenvalue weighted by molar-refractivity contribution is 5.93. The highest BCUT2D eigenvalue weighted by Crippen LogP contribution is 2.25. The average Bonchev–Trinajstić information content (AvgIpc) is 2.68. The number of anilines is 1. The van der Waals surface area contributed by atoms with Gasteiger partial charge in [0.1, 0.15) is 0 Å². The van der Waals surface area contributed by atoms with Crippen molar-refractivity contribution in [2.75, 3.05) is 5.32 Å². The summed E-state index contributed by atoms with van der Waals surface area (Å²) in [7, 11) is 0. The van der Waals surface area contributed by atoms with Gasteiger partial charge in [0.05, 0.1) is 6.61 Å². The molecule has 1 saturated carbocycles. The van der Waals surface area contributed by atoms with Crippen LogP contribution in [0.4, 0.5) is 5.69 Å². The molecule has 0 aromatic heterocycles. The molecule has 1 aliphatic carbocycles. The van der Waals surface area contributed by atoms with Gasteiger partial charge in [-0.1, -0.05) is 43.9 Å². The Morgan fingerprint density at radius 2 is 1.83 bits per heavy atom. The molecular formula is C15H21NO2. The molecule has 0 aliphatic heterocycles. The van der Waals surface area contributed by atoms with E-state index in [-0.39, 0.29) is 18.4 Å². The molecule has 2 rings (SSSR count). The molecule has 1 aromatic carbocycles. The Balaban J connectivity index is 2.01. The van der Waals surface area contributed by atoms with Crippen LogP contribution < -0.4 is 5.32 Å². The third-order valence-corrected chi connectivity index (χ3v) is 3.67. The van der Waals surface area contributed by atoms with Gasteiger partial charge < -0.3 is 10.4 Å². The molecule has 0 heterocycles. The van der Waals surface area contributed by atoms with Gasteiger partial charge in [-0.3, -0.25) is 4.79 Å². The predicted molar refractivity (Wildman–Crippen MR) is 72.2 cm³/mol. The van der Waals surface area contributed by atoms with Crippen LogP contribution in [0, 0.1) is 5.92 Å². The number of nitrogens with one attached hydrogen (secondary N) is 1. The van der Waals surface area contributed by atoms with Crippen molar-refractivity contribution in [3.05, 3.63) is 29.8 Å². The summed E-state index contributed by atoms with van der Waals surface area (Å²) in [5.41, 5.74) is 1.52. The largest absolute Gasteiger partial charge is 0.392 e. The fourth-order valence-corrected chi connectivity index (χ4v) is 2.56. The molecule has 0 radical (unpaired) electrons. The summed E-state index contributed by atoms with van der Waals surface area (Å²) in [4.78, 5) is 12.2. The normalized spacial score (nSPS) is 17.2. The van der Waals surface area contributed by atoms with E-state index in [4.69, 9.17) is 0 Å². The standard InChI is InChI=1S/C15H21NO2/c17-11-13-9-5-6-10-14(13)16-15(18)12-7-3-1-2-4-8-12/h5-6,9-10,12,17H,1-4,7-8,11H2,(H,16,18). The van der Waals surface area contributed by atoms with E-state index in [1.54, 1.807) is 0 Å². The molecule has 18 heavy (non-hydrogen) atoms. The van der Waals surface area contributed by atoms with Gasteiger partial charge in [0.15, 0.2) is 0 Å². The van der Waals surface area contributed by atoms with Crippen LogP contribution in [0.5, 0.6) is 0 Å². The van der Waals surface area contributed by atoms with Crippen molar-refractivity contribution in [1.29, 1.82) is 0 Å². The molecule has 2 N–H and O–H groups in total. The van der Waals surface area contributed by atoms with Crippen molar-refractivity contribution in [3.63, 3.8) is 0 Å². The van der Waals surface area contributed by atoms with Gasteiger partial charge in [-0.25, -0.2) is 0 Å². The number of benzene rings is 1. The first-order chi connectivity index (χ1) is 8.81. The SMILES string of the molecule is O=C(Nc1ccccc1CO)C1CCCCCC1. The lowest BCUT2D eigenvalue weighted by molar-refractivity contribution is -0.120. The second kappa shape index (κ2) is 6.55. The van der Waals surface area contributed by atoms with Crippen molar-refractivity contribution in [3.8, 4) is 0 Å². The van der Waals surface area contributed by atoms with E-state index >= 15 is 0 Å². The predicted octanol–water partition coefficient (Wildman–Crippen LogP) is 3.09. The molecule has 1 amide bonds. The van der Waals surface area contributed by atoms with Gasteiger partial charge in [0.25, 0.3) is 0 Å². The van der Waals surface area contributed by atoms with Crippen LogP contribution in [-0.2, 0) is 11.4 Å². The Kier molecular flexibility index (Phi) is 4.76. The number of aliphatic hydroxyl groups excluding tert-OH is 1. The molecule has 1 fully saturated rings. The molecular weight excluding hydrogens is 226 g/mol. The number of hydrogen-bond acceptors (Lipinski definition) is 2. The lowest BCUT2D eigenvalue weighted by Gasteiger charge is -2.15. The van der Waals surface area contributed by atoms with Gasteiger partial charge in [-0.2, -0.15) is 0 Å². The highest BCUT2D eigenvalue weighted by Gasteiger charge is 2.20. The maximum absolute atomic E-state index is 12.2. The van der Waals surface area contributed by atoms with Crippen LogP contribution in [0.15, 0.2) is 24.3 Å². The maximum atomic E-state index is 12.2. The Morgan fingerprint density at radius 3 is 2.50 bits per heavy atom. The van der Waals surface area contributed by atoms with Crippen LogP contribution in [0.25, 0.3) is 0 Å². The number of amides is 1. The lowest BCUT2D eigenvalue weighted by Crippen LogP contribution is -2.23. The second-order valence-electron chi connectivity index (χ2n) is 4.99. The molecule has 3 nitrogen and oxygen atoms in total. The molecule has 0 bridgehead atoms. The van der Waals surface area contributed by atoms with E-state index < -0.39 is 0 Å². The number of rotatable bonds is 3. The molecule has 0 saturated heterocycles. The number of hydrogen-bond donors (Lipinski definition) is 2. The molecule has 0 unspecified atom stereocenters. The van der Waals surface area contributed by atoms with E-state index in [1.807, 2.05) is 24.3 Å². The number of para-hydroxylation sites is 1. The van der Waals surface area contributed by atoms with E-state index in [9.17, 15) is 9.90 Å². The lowest BCUT2D eigenvalue weighted by atomic mass is 9.99. The van der Waals surface area contributed by atoms with Crippen LogP contribution in [-0.4, -0.2) is 11.0 Å². The summed E-state index contributed by atoms with van der Waals surface area (Å²) in [5, 5.41) is 12.2. The molecule has 1 aromatic rings. The van der Waals surface area contributed by atoms with E-state index in [0.29, 0.717) is 0 Å². The van der Waals surface area contributed by atoms with Crippen molar-refractivity contribution in [2.24, 2.45) is 5.92 Å². The van der Waals surface area contributed by atoms with Crippen molar-refractivity contribution in [2.45, 2.75) is 45.1 Å². The van der Waals surface area contributed by atoms with E-state index in [0.717, 1.165) is 36.9 Å². The number of carbonyl (C=O) groups is 1. The van der Waals surface area contributed by atoms with E-state index in [1.165, 1.54) is 12.8 Å². The zero-order chi connectivity index (χ0) is 12.8. The van der Waals surface area contributed by atoms with Crippen LogP contribution in [0.3, 0.4) is 0 Å². The Bertz CT molecular complexity index is 395. The Morgan fingerprint density at radius 1 is 1.17 bits per heavy atom. The fraction of sp³-hybridized carbons (Fsp3) is 0.533. The second-order valence-corrected chi connectivity index (χ2v) is 4.99. The molecule has 0 atom stereocenters. The molecule has 0 spiro atoms. The van der Waals surface area contributed by atoms with Crippen LogP contribution in [0.2, 0.25) is 0 Å². The summed E-state index contributed by atoms with van der Waals surface area (Å²) in [5.74, 6) is 0.247. The third kappa shape index (κ3) is 3.33. The first kappa shape index (κ1) is 13.1. The number of carbonyl (C=O) groups excluding carboxylic acids is 1. The molecule has 1 aliphatic rings. The smallest absolute Gasteiger partial charge is 0.227 e. The molecule has 3 heteroatoms. The summed E-state index contributed by atoms with van der Waals surface area (Å²) in [6.45, 7) is -0.0406. The van der Waals surface area contributed by atoms with Crippen molar-refractivity contribution in [1.82, 2.24) is 0 Å². The average molecular weight is 247 g/mol. The fourth-order valence-electron chi connectivity index (χ4n) is 2.56. The minimum atomic E-state index is -0.0406. The summed E-state index contributed by atoms with van der Waals surface area (Å²) >= 11 is 0.